The standard InChI is InChI=1S/C22H25F2O4P/c1-14(2)27-29(25,28-15(3)4)22(12-16-9-10-18(23)19(24)11-16)21-13-17-7-5-6-8-20(17)26-21/h5-11,13-15,22H,12H2,1-4H3. The Labute approximate surface area is 169 Å². The number of furan rings is 1. The Hall–Kier alpha value is -2.01. The molecule has 0 aliphatic carbocycles. The number of hydrogen-bond donors (Lipinski definition) is 0. The first-order chi connectivity index (χ1) is 13.7. The Morgan fingerprint density at radius 3 is 2.17 bits per heavy atom. The molecule has 0 fully saturated rings. The first kappa shape index (κ1) is 21.7. The highest BCUT2D eigenvalue weighted by atomic mass is 31.2. The Kier molecular flexibility index (Phi) is 6.57. The van der Waals surface area contributed by atoms with E-state index >= 15 is 0 Å². The zero-order valence-corrected chi connectivity index (χ0v) is 17.8. The van der Waals surface area contributed by atoms with Crippen LogP contribution in [0.25, 0.3) is 11.0 Å². The first-order valence-electron chi connectivity index (χ1n) is 9.57. The second-order valence-electron chi connectivity index (χ2n) is 7.50. The van der Waals surface area contributed by atoms with Gasteiger partial charge in [0.15, 0.2) is 11.6 Å². The third kappa shape index (κ3) is 5.13. The molecule has 0 bridgehead atoms. The van der Waals surface area contributed by atoms with Crippen LogP contribution in [0.3, 0.4) is 0 Å². The van der Waals surface area contributed by atoms with Gasteiger partial charge in [0.1, 0.15) is 17.0 Å². The van der Waals surface area contributed by atoms with Crippen LogP contribution in [-0.4, -0.2) is 12.2 Å². The van der Waals surface area contributed by atoms with Crippen LogP contribution < -0.4 is 0 Å². The molecule has 0 amide bonds. The predicted octanol–water partition coefficient (Wildman–Crippen LogP) is 7.04. The van der Waals surface area contributed by atoms with Crippen molar-refractivity contribution in [3.63, 3.8) is 0 Å². The zero-order valence-electron chi connectivity index (χ0n) is 16.9. The lowest BCUT2D eigenvalue weighted by molar-refractivity contribution is 0.134. The van der Waals surface area contributed by atoms with E-state index in [1.54, 1.807) is 33.8 Å². The molecule has 0 radical (unpaired) electrons. The van der Waals surface area contributed by atoms with Crippen molar-refractivity contribution >= 4 is 18.6 Å². The lowest BCUT2D eigenvalue weighted by Gasteiger charge is -2.29. The van der Waals surface area contributed by atoms with E-state index in [2.05, 4.69) is 0 Å². The van der Waals surface area contributed by atoms with Crippen molar-refractivity contribution in [2.75, 3.05) is 0 Å². The highest BCUT2D eigenvalue weighted by molar-refractivity contribution is 7.54. The molecule has 1 heterocycles. The normalized spacial score (nSPS) is 13.5. The molecule has 7 heteroatoms. The van der Waals surface area contributed by atoms with Crippen LogP contribution in [0.1, 0.15) is 44.7 Å². The molecule has 1 unspecified atom stereocenters. The van der Waals surface area contributed by atoms with Gasteiger partial charge in [0, 0.05) is 5.39 Å². The van der Waals surface area contributed by atoms with Crippen molar-refractivity contribution in [2.45, 2.75) is 52.0 Å². The molecule has 0 spiro atoms. The van der Waals surface area contributed by atoms with Gasteiger partial charge in [-0.15, -0.1) is 0 Å². The maximum atomic E-state index is 13.9. The monoisotopic (exact) mass is 422 g/mol. The second-order valence-corrected chi connectivity index (χ2v) is 9.63. The summed E-state index contributed by atoms with van der Waals surface area (Å²) in [6, 6.07) is 12.8. The fraction of sp³-hybridized carbons (Fsp3) is 0.364. The summed E-state index contributed by atoms with van der Waals surface area (Å²) in [5.74, 6) is -1.48. The smallest absolute Gasteiger partial charge is 0.342 e. The van der Waals surface area contributed by atoms with Gasteiger partial charge in [0.05, 0.1) is 12.2 Å². The summed E-state index contributed by atoms with van der Waals surface area (Å²) in [5, 5.41) is 0.846. The molecule has 0 aliphatic heterocycles. The van der Waals surface area contributed by atoms with Crippen LogP contribution in [0, 0.1) is 11.6 Å². The molecule has 2 aromatic carbocycles. The van der Waals surface area contributed by atoms with Gasteiger partial charge in [-0.1, -0.05) is 24.3 Å². The summed E-state index contributed by atoms with van der Waals surface area (Å²) in [5.41, 5.74) is 0.289. The number of benzene rings is 2. The molecule has 29 heavy (non-hydrogen) atoms. The molecule has 3 aromatic rings. The topological polar surface area (TPSA) is 48.7 Å². The van der Waals surface area contributed by atoms with E-state index in [0.29, 0.717) is 16.9 Å². The first-order valence-corrected chi connectivity index (χ1v) is 11.2. The Morgan fingerprint density at radius 1 is 0.931 bits per heavy atom. The van der Waals surface area contributed by atoms with Crippen molar-refractivity contribution in [3.05, 3.63) is 71.5 Å². The van der Waals surface area contributed by atoms with Gasteiger partial charge in [-0.2, -0.15) is 0 Å². The number of fused-ring (bicyclic) bond motifs is 1. The lowest BCUT2D eigenvalue weighted by atomic mass is 10.1. The van der Waals surface area contributed by atoms with Gasteiger partial charge < -0.3 is 13.5 Å². The SMILES string of the molecule is CC(C)OP(=O)(OC(C)C)C(Cc1ccc(F)c(F)c1)c1cc2ccccc2o1. The van der Waals surface area contributed by atoms with Crippen molar-refractivity contribution in [1.29, 1.82) is 0 Å². The van der Waals surface area contributed by atoms with Crippen LogP contribution in [0.15, 0.2) is 52.9 Å². The van der Waals surface area contributed by atoms with Crippen molar-refractivity contribution in [3.8, 4) is 0 Å². The fourth-order valence-corrected chi connectivity index (χ4v) is 5.58. The summed E-state index contributed by atoms with van der Waals surface area (Å²) in [4.78, 5) is 0. The van der Waals surface area contributed by atoms with Gasteiger partial charge >= 0.3 is 7.60 Å². The Morgan fingerprint density at radius 2 is 1.59 bits per heavy atom. The third-order valence-corrected chi connectivity index (χ3v) is 6.91. The van der Waals surface area contributed by atoms with Gasteiger partial charge in [-0.3, -0.25) is 4.57 Å². The van der Waals surface area contributed by atoms with Crippen molar-refractivity contribution in [2.24, 2.45) is 0 Å². The average molecular weight is 422 g/mol. The van der Waals surface area contributed by atoms with Gasteiger partial charge in [0.25, 0.3) is 0 Å². The number of rotatable bonds is 8. The van der Waals surface area contributed by atoms with Crippen LogP contribution in [0.4, 0.5) is 8.78 Å². The van der Waals surface area contributed by atoms with Gasteiger partial charge in [-0.25, -0.2) is 8.78 Å². The predicted molar refractivity (Wildman–Crippen MR) is 109 cm³/mol. The number of hydrogen-bond acceptors (Lipinski definition) is 4. The lowest BCUT2D eigenvalue weighted by Crippen LogP contribution is -2.15. The molecule has 0 aliphatic rings. The van der Waals surface area contributed by atoms with E-state index in [1.807, 2.05) is 24.3 Å². The van der Waals surface area contributed by atoms with Crippen LogP contribution in [-0.2, 0) is 20.0 Å². The Bertz CT molecular complexity index is 982. The summed E-state index contributed by atoms with van der Waals surface area (Å²) >= 11 is 0. The maximum Gasteiger partial charge on any atom is 0.342 e. The molecule has 0 saturated carbocycles. The van der Waals surface area contributed by atoms with E-state index in [1.165, 1.54) is 6.07 Å². The highest BCUT2D eigenvalue weighted by Crippen LogP contribution is 2.64. The van der Waals surface area contributed by atoms with Crippen LogP contribution in [0.2, 0.25) is 0 Å². The van der Waals surface area contributed by atoms with Crippen LogP contribution in [0.5, 0.6) is 0 Å². The second kappa shape index (κ2) is 8.78. The fourth-order valence-electron chi connectivity index (χ4n) is 3.18. The highest BCUT2D eigenvalue weighted by Gasteiger charge is 2.41. The zero-order chi connectivity index (χ0) is 21.2. The van der Waals surface area contributed by atoms with Crippen molar-refractivity contribution in [1.82, 2.24) is 0 Å². The molecule has 4 nitrogen and oxygen atoms in total. The van der Waals surface area contributed by atoms with Gasteiger partial charge in [-0.05, 0) is 63.9 Å². The molecular formula is C22H25F2O4P. The molecule has 1 aromatic heterocycles. The minimum atomic E-state index is -3.72. The third-order valence-electron chi connectivity index (χ3n) is 4.28. The van der Waals surface area contributed by atoms with Crippen molar-refractivity contribution < 1.29 is 26.8 Å². The quantitative estimate of drug-likeness (QED) is 0.365. The van der Waals surface area contributed by atoms with E-state index in [9.17, 15) is 13.3 Å². The van der Waals surface area contributed by atoms with Gasteiger partial charge in [0.2, 0.25) is 0 Å². The molecule has 156 valence electrons. The summed E-state index contributed by atoms with van der Waals surface area (Å²) in [6.07, 6.45) is -0.624. The van der Waals surface area contributed by atoms with E-state index in [4.69, 9.17) is 13.5 Å². The average Bonchev–Trinajstić information content (AvgIpc) is 3.04. The summed E-state index contributed by atoms with van der Waals surface area (Å²) in [7, 11) is -3.72. The van der Waals surface area contributed by atoms with E-state index in [-0.39, 0.29) is 18.6 Å². The summed E-state index contributed by atoms with van der Waals surface area (Å²) in [6.45, 7) is 7.07. The minimum Gasteiger partial charge on any atom is -0.460 e. The van der Waals surface area contributed by atoms with Crippen LogP contribution >= 0.6 is 7.60 Å². The van der Waals surface area contributed by atoms with E-state index in [0.717, 1.165) is 17.5 Å². The molecular weight excluding hydrogens is 397 g/mol. The maximum absolute atomic E-state index is 13.9. The van der Waals surface area contributed by atoms with E-state index < -0.39 is 24.9 Å². The summed E-state index contributed by atoms with van der Waals surface area (Å²) < 4.78 is 58.6. The molecule has 0 saturated heterocycles. The Balaban J connectivity index is 2.10. The molecule has 3 rings (SSSR count). The number of halogens is 2. The molecule has 0 N–H and O–H groups in total. The minimum absolute atomic E-state index is 0.105. The number of para-hydroxylation sites is 1. The molecule has 1 atom stereocenters. The largest absolute Gasteiger partial charge is 0.460 e.